The SMILES string of the molecule is Cc1nc(C(C)(C)C)c(Cl)cc1-c1cc(=O)c2c(C(N)=O)nccc2[nH]1. The molecule has 0 saturated carbocycles. The molecule has 0 bridgehead atoms. The smallest absolute Gasteiger partial charge is 0.268 e. The molecule has 0 aromatic carbocycles. The van der Waals surface area contributed by atoms with E-state index < -0.39 is 5.91 Å². The Morgan fingerprint density at radius 2 is 1.96 bits per heavy atom. The van der Waals surface area contributed by atoms with E-state index in [2.05, 4.69) is 15.0 Å². The fourth-order valence-electron chi connectivity index (χ4n) is 2.91. The van der Waals surface area contributed by atoms with Gasteiger partial charge in [-0.2, -0.15) is 0 Å². The Bertz CT molecular complexity index is 1100. The summed E-state index contributed by atoms with van der Waals surface area (Å²) in [5.74, 6) is -0.746. The van der Waals surface area contributed by atoms with Crippen LogP contribution in [0.15, 0.2) is 29.2 Å². The van der Waals surface area contributed by atoms with Crippen LogP contribution in [0, 0.1) is 6.92 Å². The Kier molecular flexibility index (Phi) is 4.32. The minimum Gasteiger partial charge on any atom is -0.364 e. The molecule has 3 rings (SSSR count). The van der Waals surface area contributed by atoms with Gasteiger partial charge in [-0.3, -0.25) is 19.6 Å². The maximum Gasteiger partial charge on any atom is 0.268 e. The van der Waals surface area contributed by atoms with Gasteiger partial charge in [0.1, 0.15) is 5.69 Å². The van der Waals surface area contributed by atoms with Crippen molar-refractivity contribution in [3.8, 4) is 11.3 Å². The fraction of sp³-hybridized carbons (Fsp3) is 0.263. The molecular formula is C19H19ClN4O2. The largest absolute Gasteiger partial charge is 0.364 e. The van der Waals surface area contributed by atoms with E-state index in [1.54, 1.807) is 12.1 Å². The second kappa shape index (κ2) is 6.21. The summed E-state index contributed by atoms with van der Waals surface area (Å²) in [6, 6.07) is 4.84. The first-order chi connectivity index (χ1) is 12.1. The summed E-state index contributed by atoms with van der Waals surface area (Å²) in [4.78, 5) is 35.8. The Hall–Kier alpha value is -2.73. The van der Waals surface area contributed by atoms with Crippen LogP contribution in [0.2, 0.25) is 5.02 Å². The Morgan fingerprint density at radius 3 is 2.58 bits per heavy atom. The van der Waals surface area contributed by atoms with Crippen molar-refractivity contribution in [1.82, 2.24) is 15.0 Å². The predicted octanol–water partition coefficient (Wildman–Crippen LogP) is 3.34. The first kappa shape index (κ1) is 18.1. The molecule has 0 unspecified atom stereocenters. The van der Waals surface area contributed by atoms with Crippen LogP contribution in [0.25, 0.3) is 22.2 Å². The number of fused-ring (bicyclic) bond motifs is 1. The number of nitrogens with one attached hydrogen (secondary N) is 1. The number of carbonyl (C=O) groups excluding carboxylic acids is 1. The molecular weight excluding hydrogens is 352 g/mol. The highest BCUT2D eigenvalue weighted by atomic mass is 35.5. The van der Waals surface area contributed by atoms with Crippen molar-refractivity contribution >= 4 is 28.4 Å². The van der Waals surface area contributed by atoms with E-state index in [0.717, 1.165) is 17.0 Å². The summed E-state index contributed by atoms with van der Waals surface area (Å²) in [6.07, 6.45) is 1.43. The molecule has 0 aliphatic carbocycles. The van der Waals surface area contributed by atoms with Crippen LogP contribution in [0.1, 0.15) is 42.6 Å². The molecule has 26 heavy (non-hydrogen) atoms. The zero-order valence-corrected chi connectivity index (χ0v) is 15.7. The van der Waals surface area contributed by atoms with Crippen molar-refractivity contribution in [2.45, 2.75) is 33.1 Å². The number of hydrogen-bond donors (Lipinski definition) is 2. The lowest BCUT2D eigenvalue weighted by molar-refractivity contribution is 0.0997. The lowest BCUT2D eigenvalue weighted by Gasteiger charge is -2.21. The van der Waals surface area contributed by atoms with Crippen molar-refractivity contribution in [2.75, 3.05) is 0 Å². The topological polar surface area (TPSA) is 102 Å². The molecule has 3 heterocycles. The second-order valence-electron chi connectivity index (χ2n) is 7.20. The van der Waals surface area contributed by atoms with Crippen molar-refractivity contribution in [3.05, 3.63) is 56.7 Å². The van der Waals surface area contributed by atoms with E-state index in [0.29, 0.717) is 16.2 Å². The monoisotopic (exact) mass is 370 g/mol. The van der Waals surface area contributed by atoms with Gasteiger partial charge >= 0.3 is 0 Å². The molecule has 6 nitrogen and oxygen atoms in total. The molecule has 3 N–H and O–H groups in total. The summed E-state index contributed by atoms with van der Waals surface area (Å²) in [5.41, 5.74) is 8.04. The maximum atomic E-state index is 12.6. The molecule has 7 heteroatoms. The molecule has 134 valence electrons. The van der Waals surface area contributed by atoms with Crippen LogP contribution < -0.4 is 11.2 Å². The number of aromatic amines is 1. The van der Waals surface area contributed by atoms with E-state index in [4.69, 9.17) is 17.3 Å². The summed E-state index contributed by atoms with van der Waals surface area (Å²) in [5, 5.41) is 0.707. The van der Waals surface area contributed by atoms with Gasteiger partial charge in [0.25, 0.3) is 5.91 Å². The molecule has 0 aliphatic rings. The van der Waals surface area contributed by atoms with E-state index in [-0.39, 0.29) is 21.9 Å². The third kappa shape index (κ3) is 3.08. The highest BCUT2D eigenvalue weighted by Crippen LogP contribution is 2.32. The lowest BCUT2D eigenvalue weighted by Crippen LogP contribution is -2.18. The molecule has 0 spiro atoms. The number of aryl methyl sites for hydroxylation is 1. The van der Waals surface area contributed by atoms with Crippen molar-refractivity contribution in [1.29, 1.82) is 0 Å². The molecule has 0 atom stereocenters. The van der Waals surface area contributed by atoms with Gasteiger partial charge < -0.3 is 10.7 Å². The van der Waals surface area contributed by atoms with E-state index >= 15 is 0 Å². The minimum absolute atomic E-state index is 0.0498. The van der Waals surface area contributed by atoms with Gasteiger partial charge in [0, 0.05) is 28.9 Å². The summed E-state index contributed by atoms with van der Waals surface area (Å²) >= 11 is 6.44. The molecule has 0 aliphatic heterocycles. The quantitative estimate of drug-likeness (QED) is 0.722. The third-order valence-corrected chi connectivity index (χ3v) is 4.43. The van der Waals surface area contributed by atoms with Crippen LogP contribution in [-0.2, 0) is 5.41 Å². The highest BCUT2D eigenvalue weighted by molar-refractivity contribution is 6.31. The summed E-state index contributed by atoms with van der Waals surface area (Å²) in [6.45, 7) is 7.98. The highest BCUT2D eigenvalue weighted by Gasteiger charge is 2.22. The number of halogens is 1. The van der Waals surface area contributed by atoms with Gasteiger partial charge in [-0.15, -0.1) is 0 Å². The molecule has 0 saturated heterocycles. The summed E-state index contributed by atoms with van der Waals surface area (Å²) in [7, 11) is 0. The van der Waals surface area contributed by atoms with E-state index in [9.17, 15) is 9.59 Å². The number of H-pyrrole nitrogens is 1. The zero-order chi connectivity index (χ0) is 19.2. The normalized spacial score (nSPS) is 11.7. The van der Waals surface area contributed by atoms with Gasteiger partial charge in [0.2, 0.25) is 0 Å². The standard InChI is InChI=1S/C19H19ClN4O2/c1-9-10(7-11(20)17(23-9)19(2,3)4)13-8-14(25)15-12(24-13)5-6-22-16(15)18(21)26/h5-8H,1-4H3,(H2,21,26)(H,24,25). The Labute approximate surface area is 155 Å². The van der Waals surface area contributed by atoms with Gasteiger partial charge in [-0.1, -0.05) is 32.4 Å². The van der Waals surface area contributed by atoms with Crippen LogP contribution in [0.5, 0.6) is 0 Å². The lowest BCUT2D eigenvalue weighted by atomic mass is 9.90. The minimum atomic E-state index is -0.746. The predicted molar refractivity (Wildman–Crippen MR) is 103 cm³/mol. The molecule has 3 aromatic heterocycles. The average molecular weight is 371 g/mol. The van der Waals surface area contributed by atoms with E-state index in [1.165, 1.54) is 12.3 Å². The number of nitrogens with two attached hydrogens (primary N) is 1. The van der Waals surface area contributed by atoms with Gasteiger partial charge in [-0.05, 0) is 19.1 Å². The number of nitrogens with zero attached hydrogens (tertiary/aromatic N) is 2. The third-order valence-electron chi connectivity index (χ3n) is 4.14. The van der Waals surface area contributed by atoms with E-state index in [1.807, 2.05) is 27.7 Å². The number of aromatic nitrogens is 3. The van der Waals surface area contributed by atoms with Crippen LogP contribution in [-0.4, -0.2) is 20.9 Å². The van der Waals surface area contributed by atoms with Crippen LogP contribution in [0.3, 0.4) is 0 Å². The Balaban J connectivity index is 2.26. The number of rotatable bonds is 2. The summed E-state index contributed by atoms with van der Waals surface area (Å²) < 4.78 is 0. The number of carbonyl (C=O) groups is 1. The molecule has 1 amide bonds. The zero-order valence-electron chi connectivity index (χ0n) is 15.0. The van der Waals surface area contributed by atoms with Gasteiger partial charge in [-0.25, -0.2) is 0 Å². The average Bonchev–Trinajstić information content (AvgIpc) is 2.54. The molecule has 0 fully saturated rings. The van der Waals surface area contributed by atoms with Crippen molar-refractivity contribution < 1.29 is 4.79 Å². The number of pyridine rings is 3. The maximum absolute atomic E-state index is 12.6. The Morgan fingerprint density at radius 1 is 1.27 bits per heavy atom. The van der Waals surface area contributed by atoms with Crippen molar-refractivity contribution in [2.24, 2.45) is 5.73 Å². The molecule has 0 radical (unpaired) electrons. The van der Waals surface area contributed by atoms with Crippen LogP contribution in [0.4, 0.5) is 0 Å². The number of hydrogen-bond acceptors (Lipinski definition) is 4. The van der Waals surface area contributed by atoms with Gasteiger partial charge in [0.05, 0.1) is 27.3 Å². The first-order valence-corrected chi connectivity index (χ1v) is 8.47. The van der Waals surface area contributed by atoms with Crippen molar-refractivity contribution in [3.63, 3.8) is 0 Å². The molecule has 3 aromatic rings. The number of primary amides is 1. The second-order valence-corrected chi connectivity index (χ2v) is 7.60. The van der Waals surface area contributed by atoms with Crippen LogP contribution >= 0.6 is 11.6 Å². The van der Waals surface area contributed by atoms with Gasteiger partial charge in [0.15, 0.2) is 5.43 Å². The fourth-order valence-corrected chi connectivity index (χ4v) is 3.35. The number of amides is 1. The first-order valence-electron chi connectivity index (χ1n) is 8.09.